The molecule has 5 aromatic rings. The van der Waals surface area contributed by atoms with Crippen LogP contribution in [0.15, 0.2) is 196 Å². The van der Waals surface area contributed by atoms with Gasteiger partial charge in [-0.25, -0.2) is 4.99 Å². The summed E-state index contributed by atoms with van der Waals surface area (Å²) in [6.07, 6.45) is 14.3. The van der Waals surface area contributed by atoms with Gasteiger partial charge in [-0.3, -0.25) is 4.90 Å². The van der Waals surface area contributed by atoms with Crippen molar-refractivity contribution in [2.75, 3.05) is 24.2 Å². The van der Waals surface area contributed by atoms with Crippen LogP contribution in [0.25, 0.3) is 11.1 Å². The van der Waals surface area contributed by atoms with Gasteiger partial charge in [-0.1, -0.05) is 140 Å². The molecule has 3 aliphatic rings. The third kappa shape index (κ3) is 7.56. The number of allylic oxidation sites excluding steroid dienone is 7. The van der Waals surface area contributed by atoms with Crippen molar-refractivity contribution in [1.82, 2.24) is 10.2 Å². The second-order valence-electron chi connectivity index (χ2n) is 13.7. The summed E-state index contributed by atoms with van der Waals surface area (Å²) < 4.78 is 0. The number of nitrogens with one attached hydrogen (secondary N) is 1. The normalized spacial score (nSPS) is 23.4. The number of hydrogen-bond donors (Lipinski definition) is 2. The SMILES string of the molecule is C/C=C1/C=C(N2C/C=C\C=C(\c3ccccc3S)Cc3ccccc32)\C=C(\C2=N[C@H](c3ccccc3)N(C)C(c3ccccc3)N2)CSc2ccccc21. The maximum atomic E-state index is 5.51. The smallest absolute Gasteiger partial charge is 0.132 e. The van der Waals surface area contributed by atoms with E-state index in [4.69, 9.17) is 17.6 Å². The predicted molar refractivity (Wildman–Crippen MR) is 232 cm³/mol. The van der Waals surface area contributed by atoms with Gasteiger partial charge in [-0.2, -0.15) is 0 Å². The van der Waals surface area contributed by atoms with Crippen molar-refractivity contribution >= 4 is 47.1 Å². The van der Waals surface area contributed by atoms with E-state index >= 15 is 0 Å². The Morgan fingerprint density at radius 2 is 1.44 bits per heavy atom. The van der Waals surface area contributed by atoms with E-state index in [1.54, 1.807) is 0 Å². The molecule has 0 saturated heterocycles. The number of aliphatic imine (C=N–C) groups is 1. The van der Waals surface area contributed by atoms with Gasteiger partial charge in [0.15, 0.2) is 0 Å². The monoisotopic (exact) mass is 740 g/mol. The number of thiol groups is 1. The molecule has 3 heterocycles. The van der Waals surface area contributed by atoms with Crippen molar-refractivity contribution in [2.45, 2.75) is 35.5 Å². The standard InChI is InChI=1S/C48H44N4S2/c1-3-34-31-40(52-29-17-16-22-37(41-24-11-14-27-44(41)53)30-38-23-10-13-26-43(38)52)32-39(33-54-45-28-15-12-25-42(34)45)46-49-47(35-18-6-4-7-19-35)51(2)48(50-46)36-20-8-5-9-21-36/h3-28,31-32,47-48,53H,29-30,33H2,1-2H3,(H,49,50)/b17-16-,34-3-,37-22+,39-32+,40-31+/t47-,48?/m0/s1. The largest absolute Gasteiger partial charge is 0.350 e. The molecule has 6 heteroatoms. The molecule has 0 spiro atoms. The number of hydrogen-bond acceptors (Lipinski definition) is 6. The van der Waals surface area contributed by atoms with Crippen LogP contribution in [0, 0.1) is 0 Å². The zero-order valence-electron chi connectivity index (χ0n) is 30.6. The van der Waals surface area contributed by atoms with E-state index in [2.05, 4.69) is 193 Å². The van der Waals surface area contributed by atoms with Crippen molar-refractivity contribution in [3.8, 4) is 0 Å². The molecule has 0 radical (unpaired) electrons. The fourth-order valence-electron chi connectivity index (χ4n) is 7.52. The highest BCUT2D eigenvalue weighted by Gasteiger charge is 2.32. The highest BCUT2D eigenvalue weighted by atomic mass is 32.2. The summed E-state index contributed by atoms with van der Waals surface area (Å²) in [6.45, 7) is 2.84. The molecule has 4 nitrogen and oxygen atoms in total. The molecule has 0 aromatic heterocycles. The Bertz CT molecular complexity index is 2320. The van der Waals surface area contributed by atoms with Gasteiger partial charge < -0.3 is 10.2 Å². The molecule has 0 saturated carbocycles. The lowest BCUT2D eigenvalue weighted by atomic mass is 9.96. The molecule has 8 rings (SSSR count). The summed E-state index contributed by atoms with van der Waals surface area (Å²) in [4.78, 5) is 12.6. The summed E-state index contributed by atoms with van der Waals surface area (Å²) >= 11 is 6.72. The summed E-state index contributed by atoms with van der Waals surface area (Å²) in [5, 5.41) is 3.92. The first-order chi connectivity index (χ1) is 26.6. The molecular formula is C48H44N4S2. The Labute approximate surface area is 329 Å². The summed E-state index contributed by atoms with van der Waals surface area (Å²) in [5.41, 5.74) is 11.9. The molecule has 1 unspecified atom stereocenters. The van der Waals surface area contributed by atoms with Crippen LogP contribution in [0.1, 0.15) is 47.1 Å². The Morgan fingerprint density at radius 3 is 2.22 bits per heavy atom. The minimum Gasteiger partial charge on any atom is -0.350 e. The lowest BCUT2D eigenvalue weighted by molar-refractivity contribution is 0.152. The zero-order valence-corrected chi connectivity index (χ0v) is 32.3. The van der Waals surface area contributed by atoms with Gasteiger partial charge in [-0.05, 0) is 83.3 Å². The van der Waals surface area contributed by atoms with E-state index in [9.17, 15) is 0 Å². The zero-order chi connectivity index (χ0) is 36.9. The van der Waals surface area contributed by atoms with E-state index in [1.807, 2.05) is 17.8 Å². The van der Waals surface area contributed by atoms with E-state index < -0.39 is 0 Å². The van der Waals surface area contributed by atoms with E-state index in [1.165, 1.54) is 44.0 Å². The molecule has 0 fully saturated rings. The maximum absolute atomic E-state index is 5.51. The third-order valence-electron chi connectivity index (χ3n) is 10.3. The Morgan fingerprint density at radius 1 is 0.759 bits per heavy atom. The minimum atomic E-state index is -0.162. The second kappa shape index (κ2) is 16.4. The number of fused-ring (bicyclic) bond motifs is 2. The first-order valence-corrected chi connectivity index (χ1v) is 20.0. The summed E-state index contributed by atoms with van der Waals surface area (Å²) in [5.74, 6) is 1.66. The Balaban J connectivity index is 1.29. The van der Waals surface area contributed by atoms with Crippen LogP contribution in [0.4, 0.5) is 5.69 Å². The molecule has 3 aliphatic heterocycles. The number of rotatable bonds is 5. The lowest BCUT2D eigenvalue weighted by Gasteiger charge is -2.40. The number of thioether (sulfide) groups is 1. The number of amidine groups is 1. The third-order valence-corrected chi connectivity index (χ3v) is 11.8. The topological polar surface area (TPSA) is 30.9 Å². The highest BCUT2D eigenvalue weighted by Crippen LogP contribution is 2.39. The van der Waals surface area contributed by atoms with Gasteiger partial charge >= 0.3 is 0 Å². The van der Waals surface area contributed by atoms with Crippen LogP contribution in [0.2, 0.25) is 0 Å². The van der Waals surface area contributed by atoms with E-state index in [0.29, 0.717) is 6.54 Å². The van der Waals surface area contributed by atoms with Crippen molar-refractivity contribution in [2.24, 2.45) is 4.99 Å². The fraction of sp³-hybridized carbons (Fsp3) is 0.146. The quantitative estimate of drug-likeness (QED) is 0.176. The summed E-state index contributed by atoms with van der Waals surface area (Å²) in [7, 11) is 2.16. The Kier molecular flexibility index (Phi) is 10.9. The molecule has 0 bridgehead atoms. The van der Waals surface area contributed by atoms with Crippen LogP contribution < -0.4 is 10.2 Å². The second-order valence-corrected chi connectivity index (χ2v) is 15.2. The molecule has 268 valence electrons. The predicted octanol–water partition coefficient (Wildman–Crippen LogP) is 11.3. The first-order valence-electron chi connectivity index (χ1n) is 18.5. The van der Waals surface area contributed by atoms with Gasteiger partial charge in [0, 0.05) is 45.5 Å². The van der Waals surface area contributed by atoms with Crippen LogP contribution in [-0.2, 0) is 6.42 Å². The highest BCUT2D eigenvalue weighted by molar-refractivity contribution is 7.99. The maximum Gasteiger partial charge on any atom is 0.132 e. The average molecular weight is 741 g/mol. The van der Waals surface area contributed by atoms with Crippen LogP contribution in [-0.4, -0.2) is 30.1 Å². The van der Waals surface area contributed by atoms with Gasteiger partial charge in [-0.15, -0.1) is 24.4 Å². The van der Waals surface area contributed by atoms with E-state index in [0.717, 1.165) is 39.7 Å². The minimum absolute atomic E-state index is 0.0682. The van der Waals surface area contributed by atoms with Crippen molar-refractivity contribution in [3.05, 3.63) is 209 Å². The number of para-hydroxylation sites is 1. The molecule has 0 aliphatic carbocycles. The molecule has 2 atom stereocenters. The van der Waals surface area contributed by atoms with Crippen molar-refractivity contribution < 1.29 is 0 Å². The van der Waals surface area contributed by atoms with Crippen LogP contribution in [0.3, 0.4) is 0 Å². The van der Waals surface area contributed by atoms with Gasteiger partial charge in [0.2, 0.25) is 0 Å². The molecule has 1 N–H and O–H groups in total. The molecule has 5 aromatic carbocycles. The number of nitrogens with zero attached hydrogens (tertiary/aromatic N) is 3. The van der Waals surface area contributed by atoms with Crippen molar-refractivity contribution in [1.29, 1.82) is 0 Å². The van der Waals surface area contributed by atoms with Gasteiger partial charge in [0.05, 0.1) is 0 Å². The number of benzene rings is 5. The van der Waals surface area contributed by atoms with E-state index in [-0.39, 0.29) is 12.3 Å². The van der Waals surface area contributed by atoms with Gasteiger partial charge in [0.1, 0.15) is 18.2 Å². The molecule has 54 heavy (non-hydrogen) atoms. The fourth-order valence-corrected chi connectivity index (χ4v) is 8.87. The number of anilines is 1. The van der Waals surface area contributed by atoms with Crippen LogP contribution >= 0.6 is 24.4 Å². The van der Waals surface area contributed by atoms with Crippen molar-refractivity contribution in [3.63, 3.8) is 0 Å². The molecule has 0 amide bonds. The van der Waals surface area contributed by atoms with Gasteiger partial charge in [0.25, 0.3) is 0 Å². The molecular weight excluding hydrogens is 697 g/mol. The Hall–Kier alpha value is -5.27. The van der Waals surface area contributed by atoms with Crippen LogP contribution in [0.5, 0.6) is 0 Å². The summed E-state index contributed by atoms with van der Waals surface area (Å²) in [6, 6.07) is 47.4. The lowest BCUT2D eigenvalue weighted by Crippen LogP contribution is -2.46. The first kappa shape index (κ1) is 35.7. The average Bonchev–Trinajstić information content (AvgIpc) is 3.36.